The lowest BCUT2D eigenvalue weighted by molar-refractivity contribution is -0.235. The first-order valence-electron chi connectivity index (χ1n) is 19.5. The van der Waals surface area contributed by atoms with Crippen LogP contribution in [0.1, 0.15) is 95.8 Å². The summed E-state index contributed by atoms with van der Waals surface area (Å²) < 4.78 is 0. The molecule has 1 aliphatic heterocycles. The molecule has 5 saturated carbocycles. The third kappa shape index (κ3) is 3.72. The van der Waals surface area contributed by atoms with Gasteiger partial charge in [0.05, 0.1) is 0 Å². The van der Waals surface area contributed by atoms with E-state index in [1.54, 1.807) is 27.8 Å². The maximum absolute atomic E-state index is 2.57. The minimum Gasteiger partial charge on any atom is -0.310 e. The quantitative estimate of drug-likeness (QED) is 0.212. The lowest BCUT2D eigenvalue weighted by atomic mass is 9.26. The summed E-state index contributed by atoms with van der Waals surface area (Å²) in [6, 6.07) is 37.7. The predicted molar refractivity (Wildman–Crippen MR) is 208 cm³/mol. The Morgan fingerprint density at radius 3 is 2.18 bits per heavy atom. The molecule has 2 spiro atoms. The van der Waals surface area contributed by atoms with Crippen molar-refractivity contribution in [1.82, 2.24) is 0 Å². The summed E-state index contributed by atoms with van der Waals surface area (Å²) in [4.78, 5) is 5.47. The Bertz CT molecular complexity index is 2130. The van der Waals surface area contributed by atoms with Crippen molar-refractivity contribution in [1.29, 1.82) is 0 Å². The topological polar surface area (TPSA) is 3.24 Å². The van der Waals surface area contributed by atoms with Crippen LogP contribution in [-0.4, -0.2) is 0 Å². The highest BCUT2D eigenvalue weighted by Gasteiger charge is 2.84. The van der Waals surface area contributed by atoms with Crippen LogP contribution in [0, 0.1) is 39.9 Å². The Morgan fingerprint density at radius 1 is 0.660 bits per heavy atom. The van der Waals surface area contributed by atoms with Crippen LogP contribution in [-0.2, 0) is 5.41 Å². The average molecular weight is 672 g/mol. The summed E-state index contributed by atoms with van der Waals surface area (Å²) in [6.45, 7) is 9.86. The van der Waals surface area contributed by atoms with E-state index in [1.807, 2.05) is 11.8 Å². The monoisotopic (exact) mass is 671 g/mol. The molecule has 7 aliphatic rings. The van der Waals surface area contributed by atoms with E-state index in [1.165, 1.54) is 70.9 Å². The maximum Gasteiger partial charge on any atom is 0.0473 e. The van der Waals surface area contributed by atoms with Gasteiger partial charge in [-0.1, -0.05) is 100 Å². The summed E-state index contributed by atoms with van der Waals surface area (Å²) in [5.41, 5.74) is 14.5. The predicted octanol–water partition coefficient (Wildman–Crippen LogP) is 13.3. The van der Waals surface area contributed by atoms with Gasteiger partial charge in [0, 0.05) is 32.3 Å². The van der Waals surface area contributed by atoms with Crippen molar-refractivity contribution in [3.05, 3.63) is 131 Å². The molecule has 6 unspecified atom stereocenters. The first-order chi connectivity index (χ1) is 24.2. The van der Waals surface area contributed by atoms with Gasteiger partial charge in [-0.25, -0.2) is 0 Å². The number of fused-ring (bicyclic) bond motifs is 8. The molecule has 2 heteroatoms. The molecule has 0 amide bonds. The SMILES string of the molecule is CC1(C)CCC(C)(C)C2=C(c3ccc(N(c4ccccc4)c4ccc5c(c4)Sc4ccccc4C54C5CC6CC7CC4C75C6)cc3)CCC=C21. The molecule has 4 aromatic carbocycles. The fourth-order valence-corrected chi connectivity index (χ4v) is 14.6. The Morgan fingerprint density at radius 2 is 1.36 bits per heavy atom. The van der Waals surface area contributed by atoms with Gasteiger partial charge in [-0.15, -0.1) is 0 Å². The third-order valence-corrected chi connectivity index (χ3v) is 16.4. The molecule has 4 aromatic rings. The first-order valence-corrected chi connectivity index (χ1v) is 20.4. The average Bonchev–Trinajstić information content (AvgIpc) is 3.66. The summed E-state index contributed by atoms with van der Waals surface area (Å²) >= 11 is 2.02. The summed E-state index contributed by atoms with van der Waals surface area (Å²) in [7, 11) is 0. The van der Waals surface area contributed by atoms with Crippen LogP contribution in [0.25, 0.3) is 5.57 Å². The van der Waals surface area contributed by atoms with Crippen molar-refractivity contribution in [2.45, 2.75) is 94.3 Å². The van der Waals surface area contributed by atoms with Crippen molar-refractivity contribution < 1.29 is 0 Å². The van der Waals surface area contributed by atoms with Gasteiger partial charge in [0.2, 0.25) is 0 Å². The van der Waals surface area contributed by atoms with Crippen molar-refractivity contribution in [2.75, 3.05) is 4.90 Å². The molecule has 0 radical (unpaired) electrons. The summed E-state index contributed by atoms with van der Waals surface area (Å²) in [5, 5.41) is 0. The molecule has 5 fully saturated rings. The maximum atomic E-state index is 2.57. The van der Waals surface area contributed by atoms with Gasteiger partial charge >= 0.3 is 0 Å². The number of hydrogen-bond donors (Lipinski definition) is 0. The third-order valence-electron chi connectivity index (χ3n) is 15.3. The normalized spacial score (nSPS) is 33.0. The Balaban J connectivity index is 1.01. The molecular formula is C48H49NS. The van der Waals surface area contributed by atoms with Crippen LogP contribution < -0.4 is 4.90 Å². The van der Waals surface area contributed by atoms with E-state index < -0.39 is 0 Å². The number of benzene rings is 4. The highest BCUT2D eigenvalue weighted by molar-refractivity contribution is 7.99. The van der Waals surface area contributed by atoms with Crippen LogP contribution in [0.3, 0.4) is 0 Å². The molecule has 0 saturated heterocycles. The zero-order valence-electron chi connectivity index (χ0n) is 30.1. The van der Waals surface area contributed by atoms with Gasteiger partial charge < -0.3 is 4.90 Å². The number of allylic oxidation sites excluding steroid dienone is 4. The van der Waals surface area contributed by atoms with Crippen LogP contribution in [0.5, 0.6) is 0 Å². The molecular weight excluding hydrogens is 623 g/mol. The van der Waals surface area contributed by atoms with Gasteiger partial charge in [-0.3, -0.25) is 0 Å². The minimum atomic E-state index is 0.209. The van der Waals surface area contributed by atoms with Gasteiger partial charge in [0.25, 0.3) is 0 Å². The highest BCUT2D eigenvalue weighted by Crippen LogP contribution is 2.89. The Kier molecular flexibility index (Phi) is 6.09. The van der Waals surface area contributed by atoms with E-state index in [-0.39, 0.29) is 16.2 Å². The molecule has 6 aliphatic carbocycles. The first kappa shape index (κ1) is 30.2. The number of rotatable bonds is 4. The second kappa shape index (κ2) is 10.1. The molecule has 11 rings (SSSR count). The lowest BCUT2D eigenvalue weighted by Gasteiger charge is -2.78. The Labute approximate surface area is 303 Å². The van der Waals surface area contributed by atoms with Gasteiger partial charge in [0.15, 0.2) is 0 Å². The van der Waals surface area contributed by atoms with E-state index >= 15 is 0 Å². The van der Waals surface area contributed by atoms with Crippen LogP contribution in [0.15, 0.2) is 124 Å². The molecule has 1 nitrogen and oxygen atoms in total. The lowest BCUT2D eigenvalue weighted by Crippen LogP contribution is -2.74. The van der Waals surface area contributed by atoms with E-state index in [2.05, 4.69) is 136 Å². The van der Waals surface area contributed by atoms with Crippen molar-refractivity contribution in [3.8, 4) is 0 Å². The van der Waals surface area contributed by atoms with Crippen LogP contribution >= 0.6 is 11.8 Å². The molecule has 0 N–H and O–H groups in total. The summed E-state index contributed by atoms with van der Waals surface area (Å²) in [6.07, 6.45) is 13.3. The standard InChI is InChI=1S/C48H49NS/c1-45(2)23-24-46(3,4)44-36(13-10-15-39(44)45)31-17-19-34(20-18-31)49(33-11-6-5-7-12-33)35-21-22-38-41(28-35)50-40-16-9-8-14-37(40)48(38)42-26-30-25-32-27-43(48)47(32,42)29-30/h5-9,11-12,14-22,28,30,32,42-43H,10,13,23-27,29H2,1-4H3. The molecule has 6 atom stereocenters. The number of anilines is 3. The Hall–Kier alpha value is -3.49. The number of para-hydroxylation sites is 1. The number of hydrogen-bond acceptors (Lipinski definition) is 2. The second-order valence-corrected chi connectivity index (χ2v) is 19.4. The van der Waals surface area contributed by atoms with Gasteiger partial charge in [0.1, 0.15) is 0 Å². The minimum absolute atomic E-state index is 0.209. The van der Waals surface area contributed by atoms with Crippen LogP contribution in [0.2, 0.25) is 0 Å². The fourth-order valence-electron chi connectivity index (χ4n) is 13.4. The second-order valence-electron chi connectivity index (χ2n) is 18.3. The van der Waals surface area contributed by atoms with Gasteiger partial charge in [-0.2, -0.15) is 0 Å². The van der Waals surface area contributed by atoms with E-state index in [4.69, 9.17) is 0 Å². The molecule has 1 heterocycles. The molecule has 2 bridgehead atoms. The van der Waals surface area contributed by atoms with Crippen molar-refractivity contribution in [3.63, 3.8) is 0 Å². The highest BCUT2D eigenvalue weighted by atomic mass is 32.2. The molecule has 0 aromatic heterocycles. The van der Waals surface area contributed by atoms with Gasteiger partial charge in [-0.05, 0) is 167 Å². The van der Waals surface area contributed by atoms with Crippen LogP contribution in [0.4, 0.5) is 17.1 Å². The van der Waals surface area contributed by atoms with E-state index in [0.717, 1.165) is 36.5 Å². The van der Waals surface area contributed by atoms with E-state index in [0.29, 0.717) is 5.41 Å². The molecule has 50 heavy (non-hydrogen) atoms. The van der Waals surface area contributed by atoms with E-state index in [9.17, 15) is 0 Å². The van der Waals surface area contributed by atoms with Crippen molar-refractivity contribution >= 4 is 34.4 Å². The number of nitrogens with zero attached hydrogens (tertiary/aromatic N) is 1. The fraction of sp³-hybridized carbons (Fsp3) is 0.417. The summed E-state index contributed by atoms with van der Waals surface area (Å²) in [5.74, 6) is 3.63. The largest absolute Gasteiger partial charge is 0.310 e. The van der Waals surface area contributed by atoms with Crippen molar-refractivity contribution in [2.24, 2.45) is 39.9 Å². The zero-order chi connectivity index (χ0) is 33.6. The molecule has 252 valence electrons. The zero-order valence-corrected chi connectivity index (χ0v) is 31.0. The smallest absolute Gasteiger partial charge is 0.0473 e.